The van der Waals surface area contributed by atoms with E-state index in [2.05, 4.69) is 14.8 Å². The normalized spacial score (nSPS) is 28.9. The van der Waals surface area contributed by atoms with Gasteiger partial charge in [-0.25, -0.2) is 4.98 Å². The minimum Gasteiger partial charge on any atom is -0.483 e. The quantitative estimate of drug-likeness (QED) is 0.747. The van der Waals surface area contributed by atoms with E-state index in [0.29, 0.717) is 12.4 Å². The van der Waals surface area contributed by atoms with Crippen LogP contribution in [0.2, 0.25) is 0 Å². The van der Waals surface area contributed by atoms with E-state index in [0.717, 1.165) is 45.3 Å². The van der Waals surface area contributed by atoms with Gasteiger partial charge in [-0.2, -0.15) is 0 Å². The summed E-state index contributed by atoms with van der Waals surface area (Å²) in [5.74, 6) is 0.907. The summed E-state index contributed by atoms with van der Waals surface area (Å²) < 4.78 is 12.1. The second-order valence-electron chi connectivity index (χ2n) is 7.89. The maximum Gasteiger partial charge on any atom is 0.290 e. The highest BCUT2D eigenvalue weighted by atomic mass is 16.5. The first-order chi connectivity index (χ1) is 14.1. The van der Waals surface area contributed by atoms with Crippen LogP contribution >= 0.6 is 0 Å². The van der Waals surface area contributed by atoms with E-state index in [1.54, 1.807) is 13.3 Å². The number of likely N-dealkylation sites (tertiary alicyclic amines) is 2. The number of carboxylic acid groups (broad SMARTS) is 1. The van der Waals surface area contributed by atoms with Gasteiger partial charge in [-0.05, 0) is 51.3 Å². The molecule has 3 aliphatic rings. The van der Waals surface area contributed by atoms with Crippen LogP contribution in [0.5, 0.6) is 5.88 Å². The van der Waals surface area contributed by atoms with Gasteiger partial charge in [0.15, 0.2) is 0 Å². The Bertz CT molecular complexity index is 668. The molecule has 29 heavy (non-hydrogen) atoms. The molecule has 2 saturated heterocycles. The number of rotatable bonds is 5. The molecule has 3 atom stereocenters. The van der Waals surface area contributed by atoms with Gasteiger partial charge in [0, 0.05) is 32.3 Å². The van der Waals surface area contributed by atoms with Crippen LogP contribution in [-0.2, 0) is 14.3 Å². The third-order valence-electron chi connectivity index (χ3n) is 6.34. The molecule has 0 unspecified atom stereocenters. The van der Waals surface area contributed by atoms with Crippen LogP contribution in [0.4, 0.5) is 0 Å². The number of hydrogen-bond acceptors (Lipinski definition) is 6. The Labute approximate surface area is 171 Å². The summed E-state index contributed by atoms with van der Waals surface area (Å²) in [6.45, 7) is 3.18. The molecule has 160 valence electrons. The summed E-state index contributed by atoms with van der Waals surface area (Å²) in [4.78, 5) is 29.9. The Balaban J connectivity index is 0.000000755. The number of fused-ring (bicyclic) bond motifs is 1. The van der Waals surface area contributed by atoms with Crippen molar-refractivity contribution < 1.29 is 24.2 Å². The minimum atomic E-state index is -0.250. The Morgan fingerprint density at radius 1 is 1.31 bits per heavy atom. The molecule has 8 nitrogen and oxygen atoms in total. The molecule has 1 aliphatic carbocycles. The molecule has 1 N–H and O–H groups in total. The molecule has 1 saturated carbocycles. The van der Waals surface area contributed by atoms with E-state index in [1.807, 2.05) is 18.2 Å². The highest BCUT2D eigenvalue weighted by Gasteiger charge is 2.53. The number of amides is 1. The summed E-state index contributed by atoms with van der Waals surface area (Å²) in [5.41, 5.74) is -0.204. The molecule has 1 aromatic heterocycles. The average Bonchev–Trinajstić information content (AvgIpc) is 3.37. The second kappa shape index (κ2) is 10.0. The molecule has 8 heteroatoms. The van der Waals surface area contributed by atoms with Crippen molar-refractivity contribution in [1.29, 1.82) is 0 Å². The molecule has 1 aromatic rings. The third kappa shape index (κ3) is 5.05. The van der Waals surface area contributed by atoms with Crippen LogP contribution in [0.15, 0.2) is 24.4 Å². The molecule has 4 rings (SSSR count). The molecular weight excluding hydrogens is 374 g/mol. The summed E-state index contributed by atoms with van der Waals surface area (Å²) in [6, 6.07) is 5.82. The largest absolute Gasteiger partial charge is 0.483 e. The third-order valence-corrected chi connectivity index (χ3v) is 6.34. The zero-order valence-electron chi connectivity index (χ0n) is 17.0. The lowest BCUT2D eigenvalue weighted by Gasteiger charge is -2.43. The maximum atomic E-state index is 13.0. The SMILES string of the molecule is CO[C@@]12CC[C@H](Oc3ccccn3)C[C@@H]1N(C(=O)CN1CCCC1)CC2.O=CO. The van der Waals surface area contributed by atoms with Crippen molar-refractivity contribution in [2.75, 3.05) is 33.3 Å². The van der Waals surface area contributed by atoms with E-state index in [-0.39, 0.29) is 30.1 Å². The van der Waals surface area contributed by atoms with Gasteiger partial charge in [0.05, 0.1) is 18.2 Å². The zero-order valence-corrected chi connectivity index (χ0v) is 17.0. The van der Waals surface area contributed by atoms with E-state index < -0.39 is 0 Å². The highest BCUT2D eigenvalue weighted by molar-refractivity contribution is 5.79. The molecule has 3 heterocycles. The fourth-order valence-electron chi connectivity index (χ4n) is 4.88. The van der Waals surface area contributed by atoms with E-state index >= 15 is 0 Å². The number of pyridine rings is 1. The van der Waals surface area contributed by atoms with Gasteiger partial charge >= 0.3 is 0 Å². The smallest absolute Gasteiger partial charge is 0.290 e. The Hall–Kier alpha value is -2.19. The molecule has 3 fully saturated rings. The first-order valence-corrected chi connectivity index (χ1v) is 10.3. The molecule has 0 radical (unpaired) electrons. The Morgan fingerprint density at radius 3 is 2.72 bits per heavy atom. The van der Waals surface area contributed by atoms with Crippen molar-refractivity contribution in [3.8, 4) is 5.88 Å². The molecule has 0 bridgehead atoms. The van der Waals surface area contributed by atoms with Crippen molar-refractivity contribution in [2.24, 2.45) is 0 Å². The lowest BCUT2D eigenvalue weighted by atomic mass is 9.79. The number of carbonyl (C=O) groups is 2. The monoisotopic (exact) mass is 405 g/mol. The summed E-state index contributed by atoms with van der Waals surface area (Å²) in [6.07, 6.45) is 7.86. The van der Waals surface area contributed by atoms with Crippen LogP contribution < -0.4 is 4.74 Å². The fourth-order valence-corrected chi connectivity index (χ4v) is 4.88. The van der Waals surface area contributed by atoms with Gasteiger partial charge in [0.25, 0.3) is 6.47 Å². The second-order valence-corrected chi connectivity index (χ2v) is 7.89. The first-order valence-electron chi connectivity index (χ1n) is 10.3. The van der Waals surface area contributed by atoms with Crippen molar-refractivity contribution in [3.05, 3.63) is 24.4 Å². The van der Waals surface area contributed by atoms with E-state index in [1.165, 1.54) is 12.8 Å². The van der Waals surface area contributed by atoms with E-state index in [9.17, 15) is 4.79 Å². The van der Waals surface area contributed by atoms with Crippen LogP contribution in [0, 0.1) is 0 Å². The van der Waals surface area contributed by atoms with Crippen LogP contribution in [-0.4, -0.2) is 83.3 Å². The Kier molecular flexibility index (Phi) is 7.44. The van der Waals surface area contributed by atoms with Gasteiger partial charge in [-0.15, -0.1) is 0 Å². The average molecular weight is 405 g/mol. The lowest BCUT2D eigenvalue weighted by molar-refractivity contribution is -0.140. The van der Waals surface area contributed by atoms with Crippen molar-refractivity contribution >= 4 is 12.4 Å². The van der Waals surface area contributed by atoms with Crippen molar-refractivity contribution in [2.45, 2.75) is 56.3 Å². The van der Waals surface area contributed by atoms with Gasteiger partial charge in [0.1, 0.15) is 6.10 Å². The van der Waals surface area contributed by atoms with Crippen LogP contribution in [0.25, 0.3) is 0 Å². The highest BCUT2D eigenvalue weighted by Crippen LogP contribution is 2.43. The zero-order chi connectivity index (χ0) is 20.7. The van der Waals surface area contributed by atoms with Crippen LogP contribution in [0.1, 0.15) is 38.5 Å². The Morgan fingerprint density at radius 2 is 2.07 bits per heavy atom. The first kappa shape index (κ1) is 21.5. The van der Waals surface area contributed by atoms with Gasteiger partial charge in [-0.3, -0.25) is 14.5 Å². The molecule has 0 spiro atoms. The van der Waals surface area contributed by atoms with Crippen LogP contribution in [0.3, 0.4) is 0 Å². The fraction of sp³-hybridized carbons (Fsp3) is 0.667. The van der Waals surface area contributed by atoms with Crippen molar-refractivity contribution in [3.63, 3.8) is 0 Å². The van der Waals surface area contributed by atoms with Crippen molar-refractivity contribution in [1.82, 2.24) is 14.8 Å². The number of nitrogens with zero attached hydrogens (tertiary/aromatic N) is 3. The van der Waals surface area contributed by atoms with Gasteiger partial charge in [-0.1, -0.05) is 6.07 Å². The number of ether oxygens (including phenoxy) is 2. The van der Waals surface area contributed by atoms with E-state index in [4.69, 9.17) is 19.4 Å². The molecule has 0 aromatic carbocycles. The maximum absolute atomic E-state index is 13.0. The minimum absolute atomic E-state index is 0.0818. The van der Waals surface area contributed by atoms with Gasteiger partial charge in [0.2, 0.25) is 11.8 Å². The topological polar surface area (TPSA) is 92.2 Å². The predicted octanol–water partition coefficient (Wildman–Crippen LogP) is 1.80. The molecule has 2 aliphatic heterocycles. The number of carbonyl (C=O) groups excluding carboxylic acids is 1. The summed E-state index contributed by atoms with van der Waals surface area (Å²) in [5, 5.41) is 6.89. The number of aromatic nitrogens is 1. The molecular formula is C21H31N3O5. The number of methoxy groups -OCH3 is 1. The molecule has 1 amide bonds. The summed E-state index contributed by atoms with van der Waals surface area (Å²) >= 11 is 0. The van der Waals surface area contributed by atoms with Gasteiger partial charge < -0.3 is 19.5 Å². The lowest BCUT2D eigenvalue weighted by Crippen LogP contribution is -2.54. The predicted molar refractivity (Wildman–Crippen MR) is 107 cm³/mol. The standard InChI is InChI=1S/C20H29N3O3.CH2O2/c1-25-20-8-7-16(26-18-6-2-3-10-21-18)14-17(20)23(13-9-20)19(24)15-22-11-4-5-12-22;2-1-3/h2-3,6,10,16-17H,4-5,7-9,11-15H2,1H3;1H,(H,2,3)/t16-,17-,20+;/m0./s1. The number of hydrogen-bond donors (Lipinski definition) is 1. The summed E-state index contributed by atoms with van der Waals surface area (Å²) in [7, 11) is 1.79.